The van der Waals surface area contributed by atoms with Gasteiger partial charge in [0.25, 0.3) is 0 Å². The number of nitrogens with one attached hydrogen (secondary N) is 1. The van der Waals surface area contributed by atoms with Crippen LogP contribution in [0.5, 0.6) is 0 Å². The molecule has 0 aliphatic carbocycles. The lowest BCUT2D eigenvalue weighted by Crippen LogP contribution is -2.11. The Balaban J connectivity index is 1.84. The molecule has 0 saturated heterocycles. The van der Waals surface area contributed by atoms with Crippen LogP contribution >= 0.6 is 0 Å². The van der Waals surface area contributed by atoms with Gasteiger partial charge in [0.05, 0.1) is 28.8 Å². The van der Waals surface area contributed by atoms with Crippen LogP contribution in [-0.2, 0) is 0 Å². The van der Waals surface area contributed by atoms with Crippen LogP contribution in [0.1, 0.15) is 42.4 Å². The summed E-state index contributed by atoms with van der Waals surface area (Å²) in [6.07, 6.45) is 0. The van der Waals surface area contributed by atoms with E-state index >= 15 is 0 Å². The fraction of sp³-hybridized carbons (Fsp3) is 0.217. The molecule has 0 bridgehead atoms. The van der Waals surface area contributed by atoms with E-state index < -0.39 is 0 Å². The summed E-state index contributed by atoms with van der Waals surface area (Å²) >= 11 is 0. The Labute approximate surface area is 155 Å². The summed E-state index contributed by atoms with van der Waals surface area (Å²) in [5.41, 5.74) is 7.35. The molecule has 0 saturated carbocycles. The molecule has 0 aliphatic rings. The molecule has 1 N–H and O–H groups in total. The number of hydrogen-bond donors (Lipinski definition) is 1. The van der Waals surface area contributed by atoms with Gasteiger partial charge >= 0.3 is 0 Å². The molecule has 0 aliphatic heterocycles. The lowest BCUT2D eigenvalue weighted by Gasteiger charge is -2.17. The van der Waals surface area contributed by atoms with Crippen molar-refractivity contribution < 1.29 is 0 Å². The van der Waals surface area contributed by atoms with Crippen molar-refractivity contribution in [1.82, 2.24) is 4.98 Å². The van der Waals surface area contributed by atoms with Crippen LogP contribution < -0.4 is 5.32 Å². The third-order valence-electron chi connectivity index (χ3n) is 4.51. The molecule has 1 unspecified atom stereocenters. The summed E-state index contributed by atoms with van der Waals surface area (Å²) in [7, 11) is 0. The Bertz CT molecular complexity index is 928. The maximum absolute atomic E-state index is 4.83. The van der Waals surface area contributed by atoms with Crippen molar-refractivity contribution in [3.8, 4) is 0 Å². The van der Waals surface area contributed by atoms with Crippen LogP contribution in [0.3, 0.4) is 0 Å². The number of aliphatic imine (C=N–C) groups is 1. The predicted octanol–water partition coefficient (Wildman–Crippen LogP) is 6.01. The third kappa shape index (κ3) is 4.17. The number of aromatic nitrogens is 1. The molecule has 0 fully saturated rings. The van der Waals surface area contributed by atoms with Crippen molar-refractivity contribution in [2.24, 2.45) is 4.99 Å². The second-order valence-electron chi connectivity index (χ2n) is 6.61. The zero-order valence-corrected chi connectivity index (χ0v) is 15.8. The van der Waals surface area contributed by atoms with Crippen LogP contribution in [0.15, 0.2) is 71.7 Å². The first-order valence-electron chi connectivity index (χ1n) is 8.95. The van der Waals surface area contributed by atoms with Gasteiger partial charge in [-0.3, -0.25) is 4.99 Å². The largest absolute Gasteiger partial charge is 0.377 e. The van der Waals surface area contributed by atoms with E-state index in [9.17, 15) is 0 Å². The molecular formula is C23H25N3. The highest BCUT2D eigenvalue weighted by molar-refractivity contribution is 5.98. The number of aryl methyl sites for hydroxylation is 2. The first-order valence-corrected chi connectivity index (χ1v) is 8.95. The van der Waals surface area contributed by atoms with Crippen molar-refractivity contribution >= 4 is 17.1 Å². The van der Waals surface area contributed by atoms with E-state index in [2.05, 4.69) is 56.4 Å². The summed E-state index contributed by atoms with van der Waals surface area (Å²) in [6.45, 7) is 8.33. The molecule has 0 amide bonds. The summed E-state index contributed by atoms with van der Waals surface area (Å²) < 4.78 is 0. The monoisotopic (exact) mass is 343 g/mol. The molecule has 3 aromatic rings. The van der Waals surface area contributed by atoms with Crippen molar-refractivity contribution in [1.29, 1.82) is 0 Å². The van der Waals surface area contributed by atoms with Crippen LogP contribution in [0.25, 0.3) is 0 Å². The van der Waals surface area contributed by atoms with Gasteiger partial charge in [0.15, 0.2) is 0 Å². The van der Waals surface area contributed by atoms with Crippen LogP contribution in [0, 0.1) is 13.8 Å². The molecule has 3 nitrogen and oxygen atoms in total. The summed E-state index contributed by atoms with van der Waals surface area (Å²) in [4.78, 5) is 9.59. The van der Waals surface area contributed by atoms with Gasteiger partial charge in [0, 0.05) is 5.69 Å². The SMILES string of the molecule is CC(=Nc1ccccc1C)c1cccc(C(C)Nc2ccccc2C)n1. The molecule has 1 atom stereocenters. The van der Waals surface area contributed by atoms with Crippen LogP contribution in [-0.4, -0.2) is 10.7 Å². The van der Waals surface area contributed by atoms with Gasteiger partial charge < -0.3 is 5.32 Å². The predicted molar refractivity (Wildman–Crippen MR) is 111 cm³/mol. The van der Waals surface area contributed by atoms with Gasteiger partial charge in [-0.1, -0.05) is 42.5 Å². The van der Waals surface area contributed by atoms with E-state index in [-0.39, 0.29) is 6.04 Å². The van der Waals surface area contributed by atoms with E-state index in [1.807, 2.05) is 43.3 Å². The highest BCUT2D eigenvalue weighted by Crippen LogP contribution is 2.22. The maximum Gasteiger partial charge on any atom is 0.0846 e. The fourth-order valence-corrected chi connectivity index (χ4v) is 2.86. The van der Waals surface area contributed by atoms with Gasteiger partial charge in [-0.05, 0) is 63.1 Å². The Morgan fingerprint density at radius 3 is 2.31 bits per heavy atom. The molecule has 26 heavy (non-hydrogen) atoms. The van der Waals surface area contributed by atoms with Crippen molar-refractivity contribution in [3.63, 3.8) is 0 Å². The van der Waals surface area contributed by atoms with Crippen LogP contribution in [0.4, 0.5) is 11.4 Å². The Hall–Kier alpha value is -2.94. The minimum Gasteiger partial charge on any atom is -0.377 e. The molecule has 132 valence electrons. The van der Waals surface area contributed by atoms with Crippen molar-refractivity contribution in [3.05, 3.63) is 89.2 Å². The van der Waals surface area contributed by atoms with Gasteiger partial charge in [0.2, 0.25) is 0 Å². The number of anilines is 1. The number of pyridine rings is 1. The van der Waals surface area contributed by atoms with E-state index in [1.54, 1.807) is 0 Å². The smallest absolute Gasteiger partial charge is 0.0846 e. The quantitative estimate of drug-likeness (QED) is 0.576. The van der Waals surface area contributed by atoms with Crippen molar-refractivity contribution in [2.75, 3.05) is 5.32 Å². The highest BCUT2D eigenvalue weighted by atomic mass is 14.9. The zero-order valence-electron chi connectivity index (χ0n) is 15.8. The number of para-hydroxylation sites is 2. The molecule has 2 aromatic carbocycles. The Kier molecular flexibility index (Phi) is 5.47. The minimum atomic E-state index is 0.113. The second-order valence-corrected chi connectivity index (χ2v) is 6.61. The first kappa shape index (κ1) is 17.9. The lowest BCUT2D eigenvalue weighted by molar-refractivity contribution is 0.835. The van der Waals surface area contributed by atoms with E-state index in [1.165, 1.54) is 5.56 Å². The topological polar surface area (TPSA) is 37.3 Å². The second kappa shape index (κ2) is 7.96. The standard InChI is InChI=1S/C23H25N3/c1-16-10-5-7-12-20(16)24-18(3)22-14-9-15-23(26-22)19(4)25-21-13-8-6-11-17(21)2/h5-15,18,24H,1-4H3. The molecule has 0 spiro atoms. The normalized spacial score (nSPS) is 12.7. The maximum atomic E-state index is 4.83. The van der Waals surface area contributed by atoms with Crippen LogP contribution in [0.2, 0.25) is 0 Å². The van der Waals surface area contributed by atoms with E-state index in [0.29, 0.717) is 0 Å². The van der Waals surface area contributed by atoms with Gasteiger partial charge in [-0.2, -0.15) is 0 Å². The lowest BCUT2D eigenvalue weighted by atomic mass is 10.1. The summed E-state index contributed by atoms with van der Waals surface area (Å²) in [5.74, 6) is 0. The average molecular weight is 343 g/mol. The molecule has 1 aromatic heterocycles. The molecule has 1 heterocycles. The molecule has 0 radical (unpaired) electrons. The Morgan fingerprint density at radius 2 is 1.58 bits per heavy atom. The number of benzene rings is 2. The van der Waals surface area contributed by atoms with Gasteiger partial charge in [-0.25, -0.2) is 4.98 Å². The van der Waals surface area contributed by atoms with Crippen molar-refractivity contribution in [2.45, 2.75) is 33.7 Å². The first-order chi connectivity index (χ1) is 12.5. The molecular weight excluding hydrogens is 318 g/mol. The number of nitrogens with zero attached hydrogens (tertiary/aromatic N) is 2. The van der Waals surface area contributed by atoms with Gasteiger partial charge in [-0.15, -0.1) is 0 Å². The summed E-state index contributed by atoms with van der Waals surface area (Å²) in [6, 6.07) is 22.7. The van der Waals surface area contributed by atoms with E-state index in [4.69, 9.17) is 9.98 Å². The van der Waals surface area contributed by atoms with Gasteiger partial charge in [0.1, 0.15) is 0 Å². The molecule has 3 heteroatoms. The summed E-state index contributed by atoms with van der Waals surface area (Å²) in [5, 5.41) is 3.55. The molecule has 3 rings (SSSR count). The Morgan fingerprint density at radius 1 is 0.885 bits per heavy atom. The highest BCUT2D eigenvalue weighted by Gasteiger charge is 2.10. The number of rotatable bonds is 5. The third-order valence-corrected chi connectivity index (χ3v) is 4.51. The number of hydrogen-bond acceptors (Lipinski definition) is 3. The average Bonchev–Trinajstić information content (AvgIpc) is 2.65. The van der Waals surface area contributed by atoms with E-state index in [0.717, 1.165) is 34.0 Å². The zero-order chi connectivity index (χ0) is 18.5. The fourth-order valence-electron chi connectivity index (χ4n) is 2.86. The minimum absolute atomic E-state index is 0.113.